The van der Waals surface area contributed by atoms with Crippen LogP contribution in [-0.2, 0) is 7.05 Å². The van der Waals surface area contributed by atoms with Crippen LogP contribution in [0, 0.1) is 13.8 Å². The van der Waals surface area contributed by atoms with Gasteiger partial charge in [-0.1, -0.05) is 25.7 Å². The summed E-state index contributed by atoms with van der Waals surface area (Å²) in [5.74, 6) is 0. The molecule has 2 rings (SSSR count). The largest absolute Gasteiger partial charge is 0.258 e. The van der Waals surface area contributed by atoms with Crippen molar-refractivity contribution in [2.45, 2.75) is 33.4 Å². The van der Waals surface area contributed by atoms with Crippen LogP contribution < -0.4 is 9.75 Å². The van der Waals surface area contributed by atoms with Crippen molar-refractivity contribution in [1.29, 1.82) is 0 Å². The van der Waals surface area contributed by atoms with E-state index in [9.17, 15) is 0 Å². The van der Waals surface area contributed by atoms with Crippen molar-refractivity contribution in [3.63, 3.8) is 0 Å². The molecule has 0 radical (unpaired) electrons. The summed E-state index contributed by atoms with van der Waals surface area (Å²) in [6.45, 7) is 6.66. The average molecular weight is 274 g/mol. The van der Waals surface area contributed by atoms with Gasteiger partial charge in [0.05, 0.1) is 19.3 Å². The van der Waals surface area contributed by atoms with E-state index in [4.69, 9.17) is 4.11 Å². The predicted molar refractivity (Wildman–Crippen MR) is 83.3 cm³/mol. The Morgan fingerprint density at radius 1 is 1.16 bits per heavy atom. The average Bonchev–Trinajstić information content (AvgIpc) is 2.37. The number of nitrogens with zero attached hydrogens (tertiary/aromatic N) is 2. The normalized spacial score (nSPS) is 14.7. The molecule has 2 aromatic heterocycles. The van der Waals surface area contributed by atoms with E-state index < -0.39 is 14.9 Å². The van der Waals surface area contributed by atoms with Crippen LogP contribution in [0.3, 0.4) is 0 Å². The van der Waals surface area contributed by atoms with Crippen molar-refractivity contribution in [2.75, 3.05) is 0 Å². The highest BCUT2D eigenvalue weighted by molar-refractivity contribution is 6.88. The molecule has 100 valence electrons. The fourth-order valence-corrected chi connectivity index (χ4v) is 3.33. The predicted octanol–water partition coefficient (Wildman–Crippen LogP) is 2.74. The Morgan fingerprint density at radius 2 is 1.89 bits per heavy atom. The van der Waals surface area contributed by atoms with Gasteiger partial charge >= 0.3 is 0 Å². The SMILES string of the molecule is [2H]C([2H])([2H])c1ccc(-c2ccc([Si](C)(C)C)c[n+]2C)c(C)n1. The molecule has 0 saturated carbocycles. The second-order valence-electron chi connectivity index (χ2n) is 5.99. The third kappa shape index (κ3) is 2.92. The van der Waals surface area contributed by atoms with E-state index in [1.165, 1.54) is 5.19 Å². The van der Waals surface area contributed by atoms with Crippen molar-refractivity contribution < 1.29 is 8.68 Å². The highest BCUT2D eigenvalue weighted by atomic mass is 28.3. The van der Waals surface area contributed by atoms with E-state index in [-0.39, 0.29) is 5.69 Å². The van der Waals surface area contributed by atoms with Gasteiger partial charge in [-0.05, 0) is 25.9 Å². The third-order valence-electron chi connectivity index (χ3n) is 3.36. The van der Waals surface area contributed by atoms with Gasteiger partial charge in [-0.25, -0.2) is 4.57 Å². The van der Waals surface area contributed by atoms with Crippen LogP contribution >= 0.6 is 0 Å². The number of hydrogen-bond donors (Lipinski definition) is 0. The Bertz CT molecular complexity index is 642. The summed E-state index contributed by atoms with van der Waals surface area (Å²) in [5, 5.41) is 1.39. The molecule has 0 aliphatic carbocycles. The van der Waals surface area contributed by atoms with Gasteiger partial charge in [0.2, 0.25) is 5.69 Å². The molecule has 0 aliphatic rings. The molecule has 0 bridgehead atoms. The quantitative estimate of drug-likeness (QED) is 0.608. The highest BCUT2D eigenvalue weighted by Crippen LogP contribution is 2.18. The fraction of sp³-hybridized carbons (Fsp3) is 0.375. The van der Waals surface area contributed by atoms with E-state index in [1.54, 1.807) is 6.07 Å². The molecule has 2 heterocycles. The van der Waals surface area contributed by atoms with E-state index in [0.717, 1.165) is 17.0 Å². The van der Waals surface area contributed by atoms with Crippen LogP contribution in [0.5, 0.6) is 0 Å². The zero-order chi connectivity index (χ0) is 16.7. The lowest BCUT2D eigenvalue weighted by molar-refractivity contribution is -0.659. The van der Waals surface area contributed by atoms with Gasteiger partial charge in [0.1, 0.15) is 7.05 Å². The Labute approximate surface area is 121 Å². The van der Waals surface area contributed by atoms with Gasteiger partial charge in [0, 0.05) is 21.1 Å². The molecule has 0 amide bonds. The van der Waals surface area contributed by atoms with E-state index in [0.29, 0.717) is 0 Å². The lowest BCUT2D eigenvalue weighted by Crippen LogP contribution is -2.45. The third-order valence-corrected chi connectivity index (χ3v) is 5.39. The van der Waals surface area contributed by atoms with Crippen molar-refractivity contribution >= 4 is 13.3 Å². The Balaban J connectivity index is 2.49. The molecular formula is C16H23N2Si+. The number of aryl methyl sites for hydroxylation is 3. The summed E-state index contributed by atoms with van der Waals surface area (Å²) in [5.41, 5.74) is 2.90. The summed E-state index contributed by atoms with van der Waals surface area (Å²) in [6.07, 6.45) is 2.18. The van der Waals surface area contributed by atoms with Gasteiger partial charge in [-0.15, -0.1) is 0 Å². The molecule has 0 atom stereocenters. The van der Waals surface area contributed by atoms with Crippen LogP contribution in [0.25, 0.3) is 11.3 Å². The molecule has 0 N–H and O–H groups in total. The first-order valence-electron chi connectivity index (χ1n) is 7.99. The standard InChI is InChI=1S/C16H23N2Si/c1-12-7-9-15(13(2)17-12)16-10-8-14(11-18(16)3)19(4,5)6/h7-11H,1-6H3/q+1/i1D3. The van der Waals surface area contributed by atoms with Crippen molar-refractivity contribution in [3.8, 4) is 11.3 Å². The lowest BCUT2D eigenvalue weighted by Gasteiger charge is -2.15. The Kier molecular flexibility index (Phi) is 2.66. The zero-order valence-electron chi connectivity index (χ0n) is 15.3. The smallest absolute Gasteiger partial charge is 0.214 e. The Morgan fingerprint density at radius 3 is 2.42 bits per heavy atom. The first-order valence-corrected chi connectivity index (χ1v) is 9.99. The first-order chi connectivity index (χ1) is 10.00. The number of pyridine rings is 2. The fourth-order valence-electron chi connectivity index (χ4n) is 2.16. The van der Waals surface area contributed by atoms with Gasteiger partial charge in [-0.3, -0.25) is 4.98 Å². The van der Waals surface area contributed by atoms with Gasteiger partial charge < -0.3 is 0 Å². The van der Waals surface area contributed by atoms with Crippen LogP contribution in [0.1, 0.15) is 15.5 Å². The van der Waals surface area contributed by atoms with Gasteiger partial charge in [-0.2, -0.15) is 0 Å². The summed E-state index contributed by atoms with van der Waals surface area (Å²) < 4.78 is 24.5. The van der Waals surface area contributed by atoms with Crippen LogP contribution in [0.4, 0.5) is 0 Å². The van der Waals surface area contributed by atoms with E-state index in [1.807, 2.05) is 20.0 Å². The molecule has 2 nitrogen and oxygen atoms in total. The number of aromatic nitrogens is 2. The molecule has 0 saturated heterocycles. The second kappa shape index (κ2) is 4.89. The van der Waals surface area contributed by atoms with Crippen LogP contribution in [0.15, 0.2) is 30.5 Å². The monoisotopic (exact) mass is 274 g/mol. The molecule has 0 spiro atoms. The molecule has 0 fully saturated rings. The molecule has 0 unspecified atom stereocenters. The maximum atomic E-state index is 7.45. The number of hydrogen-bond acceptors (Lipinski definition) is 1. The maximum absolute atomic E-state index is 7.45. The lowest BCUT2D eigenvalue weighted by atomic mass is 10.1. The minimum absolute atomic E-state index is 0.148. The maximum Gasteiger partial charge on any atom is 0.214 e. The summed E-state index contributed by atoms with van der Waals surface area (Å²) >= 11 is 0. The summed E-state index contributed by atoms with van der Waals surface area (Å²) in [7, 11) is 0.677. The molecule has 0 aliphatic heterocycles. The van der Waals surface area contributed by atoms with Gasteiger partial charge in [0.15, 0.2) is 6.20 Å². The van der Waals surface area contributed by atoms with Crippen molar-refractivity contribution in [2.24, 2.45) is 7.05 Å². The zero-order valence-corrected chi connectivity index (χ0v) is 13.3. The second-order valence-corrected chi connectivity index (χ2v) is 11.1. The van der Waals surface area contributed by atoms with E-state index in [2.05, 4.69) is 47.5 Å². The Hall–Kier alpha value is -1.48. The van der Waals surface area contributed by atoms with Crippen LogP contribution in [0.2, 0.25) is 19.6 Å². The summed E-state index contributed by atoms with van der Waals surface area (Å²) in [4.78, 5) is 4.27. The molecule has 0 aromatic carbocycles. The van der Waals surface area contributed by atoms with Crippen molar-refractivity contribution in [1.82, 2.24) is 4.98 Å². The summed E-state index contributed by atoms with van der Waals surface area (Å²) in [6, 6.07) is 7.74. The minimum atomic E-state index is -2.16. The molecule has 2 aromatic rings. The molecule has 19 heavy (non-hydrogen) atoms. The molecular weight excluding hydrogens is 248 g/mol. The number of rotatable bonds is 2. The van der Waals surface area contributed by atoms with Crippen LogP contribution in [-0.4, -0.2) is 13.1 Å². The van der Waals surface area contributed by atoms with E-state index >= 15 is 0 Å². The molecule has 3 heteroatoms. The van der Waals surface area contributed by atoms with Crippen molar-refractivity contribution in [3.05, 3.63) is 41.9 Å². The highest BCUT2D eigenvalue weighted by Gasteiger charge is 2.21. The first kappa shape index (κ1) is 10.3. The minimum Gasteiger partial charge on any atom is -0.258 e. The van der Waals surface area contributed by atoms with Gasteiger partial charge in [0.25, 0.3) is 0 Å². The topological polar surface area (TPSA) is 16.8 Å².